The molecule has 0 unspecified atom stereocenters. The van der Waals surface area contributed by atoms with Crippen LogP contribution in [0.25, 0.3) is 10.9 Å². The number of aromatic amines is 2. The van der Waals surface area contributed by atoms with Crippen molar-refractivity contribution in [3.8, 4) is 5.75 Å². The lowest BCUT2D eigenvalue weighted by Crippen LogP contribution is -2.35. The smallest absolute Gasteiger partial charge is 0.255 e. The third-order valence-electron chi connectivity index (χ3n) is 5.86. The van der Waals surface area contributed by atoms with Crippen LogP contribution in [0.15, 0.2) is 64.7 Å². The van der Waals surface area contributed by atoms with E-state index in [4.69, 9.17) is 4.74 Å². The van der Waals surface area contributed by atoms with Gasteiger partial charge in [0.2, 0.25) is 15.0 Å². The monoisotopic (exact) mass is 464 g/mol. The molecular weight excluding hydrogens is 440 g/mol. The zero-order valence-electron chi connectivity index (χ0n) is 18.2. The summed E-state index contributed by atoms with van der Waals surface area (Å²) in [5, 5.41) is 0.794. The molecule has 0 spiro atoms. The molecule has 0 saturated heterocycles. The van der Waals surface area contributed by atoms with Gasteiger partial charge in [-0.25, -0.2) is 13.4 Å². The second kappa shape index (κ2) is 8.49. The van der Waals surface area contributed by atoms with E-state index in [9.17, 15) is 13.2 Å². The molecule has 2 aromatic heterocycles. The number of hydrogen-bond acceptors (Lipinski definition) is 6. The highest BCUT2D eigenvalue weighted by Gasteiger charge is 2.24. The maximum absolute atomic E-state index is 12.3. The topological polar surface area (TPSA) is 108 Å². The average molecular weight is 465 g/mol. The Labute approximate surface area is 191 Å². The molecule has 0 atom stereocenters. The van der Waals surface area contributed by atoms with Crippen molar-refractivity contribution >= 4 is 20.7 Å². The van der Waals surface area contributed by atoms with E-state index in [-0.39, 0.29) is 10.7 Å². The first kappa shape index (κ1) is 21.4. The molecule has 2 aromatic carbocycles. The fourth-order valence-corrected chi connectivity index (χ4v) is 4.70. The van der Waals surface area contributed by atoms with Crippen molar-refractivity contribution in [1.82, 2.24) is 19.9 Å². The number of ether oxygens (including phenoxy) is 1. The van der Waals surface area contributed by atoms with Gasteiger partial charge >= 0.3 is 0 Å². The second-order valence-electron chi connectivity index (χ2n) is 8.32. The van der Waals surface area contributed by atoms with Gasteiger partial charge in [0.1, 0.15) is 12.4 Å². The van der Waals surface area contributed by atoms with E-state index < -0.39 is 9.84 Å². The molecule has 0 radical (unpaired) electrons. The second-order valence-corrected chi connectivity index (χ2v) is 10.3. The van der Waals surface area contributed by atoms with Gasteiger partial charge in [-0.2, -0.15) is 0 Å². The van der Waals surface area contributed by atoms with E-state index in [0.29, 0.717) is 43.9 Å². The lowest BCUT2D eigenvalue weighted by molar-refractivity contribution is 0.240. The van der Waals surface area contributed by atoms with E-state index in [1.165, 1.54) is 0 Å². The summed E-state index contributed by atoms with van der Waals surface area (Å²) >= 11 is 0. The van der Waals surface area contributed by atoms with Crippen LogP contribution in [0, 0.1) is 0 Å². The van der Waals surface area contributed by atoms with Crippen LogP contribution in [0.2, 0.25) is 0 Å². The number of nitrogens with one attached hydrogen (secondary N) is 2. The minimum Gasteiger partial charge on any atom is -0.489 e. The highest BCUT2D eigenvalue weighted by atomic mass is 32.2. The van der Waals surface area contributed by atoms with Crippen LogP contribution in [0.3, 0.4) is 0 Å². The van der Waals surface area contributed by atoms with Crippen LogP contribution in [0.4, 0.5) is 0 Å². The molecule has 4 aromatic rings. The molecule has 0 saturated carbocycles. The zero-order valence-corrected chi connectivity index (χ0v) is 19.0. The number of fused-ring (bicyclic) bond motifs is 2. The summed E-state index contributed by atoms with van der Waals surface area (Å²) in [6, 6.07) is 16.0. The van der Waals surface area contributed by atoms with Crippen LogP contribution >= 0.6 is 0 Å². The van der Waals surface area contributed by atoms with Crippen molar-refractivity contribution in [3.63, 3.8) is 0 Å². The Morgan fingerprint density at radius 2 is 1.97 bits per heavy atom. The Morgan fingerprint density at radius 3 is 2.76 bits per heavy atom. The average Bonchev–Trinajstić information content (AvgIpc) is 3.19. The van der Waals surface area contributed by atoms with Crippen LogP contribution < -0.4 is 10.3 Å². The van der Waals surface area contributed by atoms with Crippen molar-refractivity contribution in [2.45, 2.75) is 31.3 Å². The van der Waals surface area contributed by atoms with Gasteiger partial charge in [-0.3, -0.25) is 14.7 Å². The fraction of sp³-hybridized carbons (Fsp3) is 0.250. The molecule has 0 aliphatic carbocycles. The van der Waals surface area contributed by atoms with Gasteiger partial charge < -0.3 is 9.72 Å². The summed E-state index contributed by atoms with van der Waals surface area (Å²) in [6.07, 6.45) is 3.55. The normalized spacial score (nSPS) is 14.3. The standard InChI is InChI=1S/C24H24N4O4S/c1-33(30,31)24-26-22-14-28(10-9-19(22)23(29)27-24)13-17-12-25-21-8-7-18(11-20(17)21)32-15-16-5-3-2-4-6-16/h2-8,11-12,25H,9-10,13-15H2,1H3,(H,26,27,29). The number of hydrogen-bond donors (Lipinski definition) is 2. The van der Waals surface area contributed by atoms with Gasteiger partial charge in [-0.05, 0) is 35.7 Å². The molecule has 170 valence electrons. The minimum absolute atomic E-state index is 0.277. The number of nitrogens with zero attached hydrogens (tertiary/aromatic N) is 2. The van der Waals surface area contributed by atoms with Gasteiger partial charge in [0.05, 0.1) is 5.69 Å². The summed E-state index contributed by atoms with van der Waals surface area (Å²) in [5.74, 6) is 0.794. The van der Waals surface area contributed by atoms with Crippen LogP contribution in [0.5, 0.6) is 5.75 Å². The minimum atomic E-state index is -3.59. The number of rotatable bonds is 6. The van der Waals surface area contributed by atoms with Crippen LogP contribution in [-0.4, -0.2) is 41.1 Å². The summed E-state index contributed by atoms with van der Waals surface area (Å²) in [4.78, 5) is 24.4. The first-order chi connectivity index (χ1) is 15.9. The maximum atomic E-state index is 12.3. The quantitative estimate of drug-likeness (QED) is 0.425. The highest BCUT2D eigenvalue weighted by molar-refractivity contribution is 7.90. The van der Waals surface area contributed by atoms with Gasteiger partial charge in [-0.15, -0.1) is 0 Å². The third-order valence-corrected chi connectivity index (χ3v) is 6.76. The molecule has 0 fully saturated rings. The van der Waals surface area contributed by atoms with Crippen LogP contribution in [0.1, 0.15) is 22.4 Å². The zero-order chi connectivity index (χ0) is 23.0. The van der Waals surface area contributed by atoms with Gasteiger partial charge in [-0.1, -0.05) is 30.3 Å². The summed E-state index contributed by atoms with van der Waals surface area (Å²) in [7, 11) is -3.59. The number of benzene rings is 2. The number of H-pyrrole nitrogens is 2. The molecule has 3 heterocycles. The molecule has 5 rings (SSSR count). The Morgan fingerprint density at radius 1 is 1.15 bits per heavy atom. The first-order valence-electron chi connectivity index (χ1n) is 10.7. The molecule has 0 bridgehead atoms. The lowest BCUT2D eigenvalue weighted by Gasteiger charge is -2.27. The molecule has 2 N–H and O–H groups in total. The van der Waals surface area contributed by atoms with Crippen molar-refractivity contribution in [1.29, 1.82) is 0 Å². The summed E-state index contributed by atoms with van der Waals surface area (Å²) < 4.78 is 29.7. The molecule has 8 nitrogen and oxygen atoms in total. The van der Waals surface area contributed by atoms with Crippen LogP contribution in [-0.2, 0) is 36.0 Å². The largest absolute Gasteiger partial charge is 0.489 e. The Balaban J connectivity index is 1.35. The van der Waals surface area contributed by atoms with Crippen molar-refractivity contribution in [2.75, 3.05) is 12.8 Å². The molecule has 0 amide bonds. The van der Waals surface area contributed by atoms with Gasteiger partial charge in [0.25, 0.3) is 5.56 Å². The number of aromatic nitrogens is 3. The van der Waals surface area contributed by atoms with E-state index in [0.717, 1.165) is 34.0 Å². The fourth-order valence-electron chi connectivity index (χ4n) is 4.14. The Kier molecular flexibility index (Phi) is 5.51. The maximum Gasteiger partial charge on any atom is 0.255 e. The SMILES string of the molecule is CS(=O)(=O)c1nc2c(c(=O)[nH]1)CCN(Cc1c[nH]c3ccc(OCc4ccccc4)cc13)C2. The van der Waals surface area contributed by atoms with Crippen molar-refractivity contribution in [2.24, 2.45) is 0 Å². The molecule has 9 heteroatoms. The Hall–Kier alpha value is -3.43. The van der Waals surface area contributed by atoms with E-state index in [2.05, 4.69) is 19.9 Å². The van der Waals surface area contributed by atoms with Gasteiger partial charge in [0.15, 0.2) is 0 Å². The van der Waals surface area contributed by atoms with E-state index >= 15 is 0 Å². The highest BCUT2D eigenvalue weighted by Crippen LogP contribution is 2.27. The first-order valence-corrected chi connectivity index (χ1v) is 12.6. The summed E-state index contributed by atoms with van der Waals surface area (Å²) in [6.45, 7) is 2.24. The van der Waals surface area contributed by atoms with Crippen molar-refractivity contribution in [3.05, 3.63) is 87.5 Å². The lowest BCUT2D eigenvalue weighted by atomic mass is 10.1. The Bertz CT molecular complexity index is 1480. The third kappa shape index (κ3) is 4.55. The molecule has 1 aliphatic rings. The molecular formula is C24H24N4O4S. The number of sulfone groups is 1. The molecule has 33 heavy (non-hydrogen) atoms. The van der Waals surface area contributed by atoms with Crippen molar-refractivity contribution < 1.29 is 13.2 Å². The van der Waals surface area contributed by atoms with E-state index in [1.54, 1.807) is 0 Å². The van der Waals surface area contributed by atoms with Gasteiger partial charge in [0, 0.05) is 48.6 Å². The predicted octanol–water partition coefficient (Wildman–Crippen LogP) is 2.79. The predicted molar refractivity (Wildman–Crippen MR) is 125 cm³/mol. The van der Waals surface area contributed by atoms with E-state index in [1.807, 2.05) is 54.7 Å². The molecule has 1 aliphatic heterocycles. The summed E-state index contributed by atoms with van der Waals surface area (Å²) in [5.41, 5.74) is 3.95.